The zero-order valence-corrected chi connectivity index (χ0v) is 8.53. The molecule has 0 fully saturated rings. The van der Waals surface area contributed by atoms with E-state index in [0.29, 0.717) is 0 Å². The molecule has 0 amide bonds. The molecule has 0 saturated carbocycles. The van der Waals surface area contributed by atoms with Gasteiger partial charge in [0.1, 0.15) is 5.69 Å². The summed E-state index contributed by atoms with van der Waals surface area (Å²) in [5.74, 6) is 0. The third-order valence-corrected chi connectivity index (χ3v) is 2.40. The van der Waals surface area contributed by atoms with Gasteiger partial charge in [0.25, 0.3) is 0 Å². The van der Waals surface area contributed by atoms with Crippen LogP contribution in [0.3, 0.4) is 0 Å². The highest BCUT2D eigenvalue weighted by molar-refractivity contribution is 7.98. The Hall–Kier alpha value is -1.42. The van der Waals surface area contributed by atoms with Crippen LogP contribution in [-0.2, 0) is 0 Å². The van der Waals surface area contributed by atoms with Crippen molar-refractivity contribution in [2.75, 3.05) is 6.26 Å². The number of hydrogen-bond acceptors (Lipinski definition) is 4. The number of nitrogens with zero attached hydrogens (tertiary/aromatic N) is 3. The summed E-state index contributed by atoms with van der Waals surface area (Å²) in [7, 11) is 0. The lowest BCUT2D eigenvalue weighted by atomic mass is 10.3. The van der Waals surface area contributed by atoms with Gasteiger partial charge in [0.15, 0.2) is 0 Å². The van der Waals surface area contributed by atoms with Crippen molar-refractivity contribution < 1.29 is 0 Å². The van der Waals surface area contributed by atoms with E-state index in [1.807, 2.05) is 24.5 Å². The summed E-state index contributed by atoms with van der Waals surface area (Å²) >= 11 is 1.62. The van der Waals surface area contributed by atoms with Gasteiger partial charge >= 0.3 is 0 Å². The molecule has 2 aromatic heterocycles. The van der Waals surface area contributed by atoms with Gasteiger partial charge in [0.05, 0.1) is 16.9 Å². The molecule has 0 aliphatic rings. The van der Waals surface area contributed by atoms with Crippen LogP contribution in [0, 0.1) is 0 Å². The molecule has 0 aromatic carbocycles. The van der Waals surface area contributed by atoms with Crippen LogP contribution in [0.1, 0.15) is 0 Å². The van der Waals surface area contributed by atoms with Crippen LogP contribution in [0.5, 0.6) is 0 Å². The summed E-state index contributed by atoms with van der Waals surface area (Å²) in [4.78, 5) is 12.6. The maximum Gasteiger partial charge on any atom is 0.107 e. The Kier molecular flexibility index (Phi) is 2.74. The lowest BCUT2D eigenvalue weighted by Gasteiger charge is -2.00. The topological polar surface area (TPSA) is 38.7 Å². The Bertz CT molecular complexity index is 417. The minimum atomic E-state index is 0.809. The van der Waals surface area contributed by atoms with Crippen LogP contribution in [0.15, 0.2) is 41.8 Å². The summed E-state index contributed by atoms with van der Waals surface area (Å²) in [6, 6.07) is 5.89. The Morgan fingerprint density at radius 2 is 2.07 bits per heavy atom. The lowest BCUT2D eigenvalue weighted by Crippen LogP contribution is -1.88. The third-order valence-electron chi connectivity index (χ3n) is 1.76. The molecule has 2 rings (SSSR count). The lowest BCUT2D eigenvalue weighted by molar-refractivity contribution is 1.11. The Balaban J connectivity index is 2.42. The van der Waals surface area contributed by atoms with Gasteiger partial charge in [-0.2, -0.15) is 0 Å². The molecule has 0 unspecified atom stereocenters. The predicted octanol–water partition coefficient (Wildman–Crippen LogP) is 2.26. The Morgan fingerprint density at radius 3 is 2.79 bits per heavy atom. The van der Waals surface area contributed by atoms with E-state index < -0.39 is 0 Å². The van der Waals surface area contributed by atoms with Gasteiger partial charge in [-0.1, -0.05) is 6.07 Å². The Morgan fingerprint density at radius 1 is 1.14 bits per heavy atom. The van der Waals surface area contributed by atoms with Gasteiger partial charge in [-0.3, -0.25) is 9.97 Å². The second-order valence-corrected chi connectivity index (χ2v) is 3.48. The number of hydrogen-bond donors (Lipinski definition) is 0. The van der Waals surface area contributed by atoms with Crippen LogP contribution in [0.25, 0.3) is 11.4 Å². The van der Waals surface area contributed by atoms with E-state index in [4.69, 9.17) is 0 Å². The molecule has 0 bridgehead atoms. The van der Waals surface area contributed by atoms with E-state index in [1.165, 1.54) is 0 Å². The molecule has 0 atom stereocenters. The molecule has 0 N–H and O–H groups in total. The Labute approximate surface area is 86.6 Å². The molecule has 3 nitrogen and oxygen atoms in total. The molecule has 14 heavy (non-hydrogen) atoms. The van der Waals surface area contributed by atoms with Gasteiger partial charge < -0.3 is 0 Å². The maximum atomic E-state index is 4.42. The highest BCUT2D eigenvalue weighted by atomic mass is 32.2. The zero-order valence-electron chi connectivity index (χ0n) is 7.71. The first-order valence-corrected chi connectivity index (χ1v) is 5.40. The second kappa shape index (κ2) is 4.19. The predicted molar refractivity (Wildman–Crippen MR) is 57.0 cm³/mol. The van der Waals surface area contributed by atoms with Crippen LogP contribution < -0.4 is 0 Å². The van der Waals surface area contributed by atoms with Crippen LogP contribution in [0.4, 0.5) is 0 Å². The van der Waals surface area contributed by atoms with Gasteiger partial charge in [-0.15, -0.1) is 11.8 Å². The van der Waals surface area contributed by atoms with Crippen LogP contribution in [-0.4, -0.2) is 21.2 Å². The summed E-state index contributed by atoms with van der Waals surface area (Å²) in [6.07, 6.45) is 7.04. The molecule has 2 heterocycles. The van der Waals surface area contributed by atoms with Crippen molar-refractivity contribution in [3.05, 3.63) is 36.8 Å². The maximum absolute atomic E-state index is 4.42. The van der Waals surface area contributed by atoms with Crippen molar-refractivity contribution in [1.82, 2.24) is 15.0 Å². The molecular formula is C10H9N3S. The molecule has 0 radical (unpaired) electrons. The fourth-order valence-electron chi connectivity index (χ4n) is 1.10. The van der Waals surface area contributed by atoms with Gasteiger partial charge in [0, 0.05) is 12.4 Å². The van der Waals surface area contributed by atoms with Crippen molar-refractivity contribution in [2.45, 2.75) is 5.03 Å². The van der Waals surface area contributed by atoms with E-state index in [0.717, 1.165) is 16.4 Å². The molecule has 0 spiro atoms. The van der Waals surface area contributed by atoms with E-state index in [1.54, 1.807) is 30.4 Å². The van der Waals surface area contributed by atoms with Crippen molar-refractivity contribution in [3.8, 4) is 11.4 Å². The minimum Gasteiger partial charge on any atom is -0.261 e. The zero-order chi connectivity index (χ0) is 9.80. The first-order chi connectivity index (χ1) is 6.90. The largest absolute Gasteiger partial charge is 0.261 e. The van der Waals surface area contributed by atoms with E-state index in [9.17, 15) is 0 Å². The minimum absolute atomic E-state index is 0.809. The molecule has 0 aliphatic carbocycles. The SMILES string of the molecule is CSc1cccc(-c2cnccn2)n1. The van der Waals surface area contributed by atoms with E-state index in [2.05, 4.69) is 15.0 Å². The fourth-order valence-corrected chi connectivity index (χ4v) is 1.51. The quantitative estimate of drug-likeness (QED) is 0.702. The molecule has 0 saturated heterocycles. The summed E-state index contributed by atoms with van der Waals surface area (Å²) < 4.78 is 0. The molecule has 70 valence electrons. The van der Waals surface area contributed by atoms with Crippen molar-refractivity contribution in [1.29, 1.82) is 0 Å². The first kappa shape index (κ1) is 9.15. The van der Waals surface area contributed by atoms with Crippen molar-refractivity contribution in [2.24, 2.45) is 0 Å². The number of pyridine rings is 1. The number of aromatic nitrogens is 3. The second-order valence-electron chi connectivity index (χ2n) is 2.66. The van der Waals surface area contributed by atoms with Gasteiger partial charge in [-0.05, 0) is 18.4 Å². The van der Waals surface area contributed by atoms with Crippen molar-refractivity contribution >= 4 is 11.8 Å². The molecule has 2 aromatic rings. The summed E-state index contributed by atoms with van der Waals surface area (Å²) in [5, 5.41) is 0.994. The van der Waals surface area contributed by atoms with Gasteiger partial charge in [0.2, 0.25) is 0 Å². The van der Waals surface area contributed by atoms with Crippen molar-refractivity contribution in [3.63, 3.8) is 0 Å². The van der Waals surface area contributed by atoms with E-state index >= 15 is 0 Å². The normalized spacial score (nSPS) is 10.1. The van der Waals surface area contributed by atoms with E-state index in [-0.39, 0.29) is 0 Å². The monoisotopic (exact) mass is 203 g/mol. The fraction of sp³-hybridized carbons (Fsp3) is 0.100. The standard InChI is InChI=1S/C10H9N3S/c1-14-10-4-2-3-8(13-10)9-7-11-5-6-12-9/h2-7H,1H3. The molecule has 0 aliphatic heterocycles. The average Bonchev–Trinajstić information content (AvgIpc) is 2.30. The average molecular weight is 203 g/mol. The summed E-state index contributed by atoms with van der Waals surface area (Å²) in [5.41, 5.74) is 1.67. The van der Waals surface area contributed by atoms with Crippen LogP contribution in [0.2, 0.25) is 0 Å². The molecular weight excluding hydrogens is 194 g/mol. The van der Waals surface area contributed by atoms with Gasteiger partial charge in [-0.25, -0.2) is 4.98 Å². The highest BCUT2D eigenvalue weighted by Crippen LogP contribution is 2.17. The smallest absolute Gasteiger partial charge is 0.107 e. The number of rotatable bonds is 2. The summed E-state index contributed by atoms with van der Waals surface area (Å²) in [6.45, 7) is 0. The first-order valence-electron chi connectivity index (χ1n) is 4.17. The number of thioether (sulfide) groups is 1. The van der Waals surface area contributed by atoms with Crippen LogP contribution >= 0.6 is 11.8 Å². The molecule has 4 heteroatoms. The third kappa shape index (κ3) is 1.90. The highest BCUT2D eigenvalue weighted by Gasteiger charge is 2.00.